The van der Waals surface area contributed by atoms with Gasteiger partial charge in [0, 0.05) is 29.0 Å². The summed E-state index contributed by atoms with van der Waals surface area (Å²) in [7, 11) is 0. The lowest BCUT2D eigenvalue weighted by Gasteiger charge is -2.43. The number of aromatic nitrogens is 1. The third-order valence-corrected chi connectivity index (χ3v) is 11.3. The number of benzene rings is 1. The number of amides is 2. The normalized spacial score (nSPS) is 32.5. The SMILES string of the molecule is CC(C)(C)c1ccc(C2c3sc(=O)[nH]c3SC3C4CC(C5C(=O)N(CCCC(=O)O)C(=O)C45)C23)cc1. The Bertz CT molecular complexity index is 1310. The number of fused-ring (bicyclic) bond motifs is 9. The highest BCUT2D eigenvalue weighted by atomic mass is 32.2. The highest BCUT2D eigenvalue weighted by Crippen LogP contribution is 2.68. The second kappa shape index (κ2) is 8.31. The Morgan fingerprint density at radius 3 is 2.39 bits per heavy atom. The van der Waals surface area contributed by atoms with E-state index < -0.39 is 5.97 Å². The van der Waals surface area contributed by atoms with E-state index in [4.69, 9.17) is 5.11 Å². The van der Waals surface area contributed by atoms with Crippen molar-refractivity contribution in [3.8, 4) is 0 Å². The molecule has 6 rings (SSSR count). The molecule has 7 atom stereocenters. The minimum absolute atomic E-state index is 0.0177. The van der Waals surface area contributed by atoms with Crippen LogP contribution in [0.2, 0.25) is 0 Å². The maximum absolute atomic E-state index is 13.5. The summed E-state index contributed by atoms with van der Waals surface area (Å²) >= 11 is 2.96. The van der Waals surface area contributed by atoms with Crippen molar-refractivity contribution in [1.29, 1.82) is 0 Å². The van der Waals surface area contributed by atoms with E-state index in [0.29, 0.717) is 0 Å². The third-order valence-electron chi connectivity index (χ3n) is 8.72. The van der Waals surface area contributed by atoms with Crippen LogP contribution in [0, 0.1) is 29.6 Å². The van der Waals surface area contributed by atoms with Gasteiger partial charge in [0.15, 0.2) is 0 Å². The van der Waals surface area contributed by atoms with Gasteiger partial charge in [0.2, 0.25) is 11.8 Å². The molecule has 190 valence electrons. The second-order valence-corrected chi connectivity index (χ2v) is 13.9. The molecule has 2 bridgehead atoms. The number of likely N-dealkylation sites (tertiary alicyclic amines) is 1. The summed E-state index contributed by atoms with van der Waals surface area (Å²) < 4.78 is 0. The van der Waals surface area contributed by atoms with E-state index in [1.807, 2.05) is 0 Å². The molecule has 7 nitrogen and oxygen atoms in total. The number of aliphatic carboxylic acids is 1. The van der Waals surface area contributed by atoms with Crippen molar-refractivity contribution in [3.05, 3.63) is 49.9 Å². The zero-order valence-corrected chi connectivity index (χ0v) is 22.2. The molecule has 1 saturated heterocycles. The van der Waals surface area contributed by atoms with Crippen LogP contribution in [0.1, 0.15) is 62.0 Å². The summed E-state index contributed by atoms with van der Waals surface area (Å²) in [5.41, 5.74) is 2.44. The number of nitrogens with one attached hydrogen (secondary N) is 1. The molecule has 3 heterocycles. The van der Waals surface area contributed by atoms with E-state index in [1.165, 1.54) is 21.8 Å². The lowest BCUT2D eigenvalue weighted by Crippen LogP contribution is -2.42. The smallest absolute Gasteiger partial charge is 0.305 e. The Hall–Kier alpha value is -2.39. The van der Waals surface area contributed by atoms with Gasteiger partial charge in [0.05, 0.1) is 16.9 Å². The predicted molar refractivity (Wildman–Crippen MR) is 137 cm³/mol. The van der Waals surface area contributed by atoms with Crippen molar-refractivity contribution in [1.82, 2.24) is 9.88 Å². The first-order chi connectivity index (χ1) is 17.1. The quantitative estimate of drug-likeness (QED) is 0.569. The van der Waals surface area contributed by atoms with Crippen molar-refractivity contribution in [2.75, 3.05) is 6.54 Å². The van der Waals surface area contributed by atoms with Gasteiger partial charge in [-0.05, 0) is 47.1 Å². The fourth-order valence-electron chi connectivity index (χ4n) is 7.25. The molecule has 2 aliphatic carbocycles. The predicted octanol–water partition coefficient (Wildman–Crippen LogP) is 4.07. The number of aromatic amines is 1. The summed E-state index contributed by atoms with van der Waals surface area (Å²) in [5, 5.41) is 10.1. The van der Waals surface area contributed by atoms with E-state index in [0.717, 1.165) is 21.9 Å². The van der Waals surface area contributed by atoms with Gasteiger partial charge in [-0.15, -0.1) is 11.8 Å². The van der Waals surface area contributed by atoms with Gasteiger partial charge >= 0.3 is 10.8 Å². The number of H-pyrrole nitrogens is 1. The van der Waals surface area contributed by atoms with Gasteiger partial charge in [-0.3, -0.25) is 24.1 Å². The number of carbonyl (C=O) groups is 3. The molecule has 2 aromatic rings. The molecule has 1 aromatic carbocycles. The maximum atomic E-state index is 13.5. The highest BCUT2D eigenvalue weighted by molar-refractivity contribution is 8.00. The summed E-state index contributed by atoms with van der Waals surface area (Å²) in [6.07, 6.45) is 1.08. The van der Waals surface area contributed by atoms with Crippen molar-refractivity contribution >= 4 is 40.9 Å². The zero-order chi connectivity index (χ0) is 25.5. The largest absolute Gasteiger partial charge is 0.481 e. The average molecular weight is 527 g/mol. The molecule has 0 radical (unpaired) electrons. The van der Waals surface area contributed by atoms with E-state index >= 15 is 0 Å². The second-order valence-electron chi connectivity index (χ2n) is 11.7. The molecule has 1 aromatic heterocycles. The molecular weight excluding hydrogens is 496 g/mol. The van der Waals surface area contributed by atoms with E-state index in [2.05, 4.69) is 50.0 Å². The number of rotatable bonds is 5. The van der Waals surface area contributed by atoms with Gasteiger partial charge in [0.1, 0.15) is 0 Å². The fourth-order valence-corrected chi connectivity index (χ4v) is 10.1. The summed E-state index contributed by atoms with van der Waals surface area (Å²) in [6, 6.07) is 8.70. The highest BCUT2D eigenvalue weighted by Gasteiger charge is 2.69. The standard InChI is InChI=1S/C27H30N2O5S2/c1-27(2,3)13-8-6-12(7-9-13)17-18-14-11-15(21(18)35-23-22(17)36-26(34)28-23)20-19(14)24(32)29(25(20)33)10-4-5-16(30)31/h6-9,14-15,17-21H,4-5,10-11H2,1-3H3,(H,28,34)(H,30,31). The monoisotopic (exact) mass is 526 g/mol. The van der Waals surface area contributed by atoms with Crippen LogP contribution >= 0.6 is 23.1 Å². The Balaban J connectivity index is 1.36. The Morgan fingerprint density at radius 1 is 1.08 bits per heavy atom. The first kappa shape index (κ1) is 24.0. The molecule has 3 fully saturated rings. The molecule has 2 saturated carbocycles. The number of thiazole rings is 1. The minimum atomic E-state index is -0.919. The first-order valence-corrected chi connectivity index (χ1v) is 14.3. The van der Waals surface area contributed by atoms with Gasteiger partial charge in [-0.25, -0.2) is 0 Å². The topological polar surface area (TPSA) is 108 Å². The summed E-state index contributed by atoms with van der Waals surface area (Å²) in [4.78, 5) is 55.6. The zero-order valence-electron chi connectivity index (χ0n) is 20.5. The molecule has 2 aliphatic heterocycles. The van der Waals surface area contributed by atoms with Crippen molar-refractivity contribution in [2.45, 2.75) is 61.6 Å². The van der Waals surface area contributed by atoms with E-state index in [1.54, 1.807) is 11.8 Å². The fraction of sp³-hybridized carbons (Fsp3) is 0.556. The van der Waals surface area contributed by atoms with Gasteiger partial charge in [0.25, 0.3) is 0 Å². The van der Waals surface area contributed by atoms with Gasteiger partial charge < -0.3 is 10.1 Å². The van der Waals surface area contributed by atoms with Crippen LogP contribution in [0.5, 0.6) is 0 Å². The van der Waals surface area contributed by atoms with Crippen LogP contribution < -0.4 is 4.87 Å². The average Bonchev–Trinajstić information content (AvgIpc) is 3.53. The van der Waals surface area contributed by atoms with Crippen LogP contribution in [0.25, 0.3) is 0 Å². The third kappa shape index (κ3) is 3.53. The van der Waals surface area contributed by atoms with Crippen LogP contribution in [0.4, 0.5) is 0 Å². The molecule has 0 spiro atoms. The number of carboxylic acid groups (broad SMARTS) is 1. The van der Waals surface area contributed by atoms with Crippen LogP contribution in [-0.4, -0.2) is 44.6 Å². The molecule has 2 amide bonds. The van der Waals surface area contributed by atoms with Gasteiger partial charge in [-0.2, -0.15) is 0 Å². The molecule has 2 N–H and O–H groups in total. The molecule has 36 heavy (non-hydrogen) atoms. The lowest BCUT2D eigenvalue weighted by molar-refractivity contribution is -0.142. The molecule has 7 unspecified atom stereocenters. The number of imide groups is 1. The number of hydrogen-bond acceptors (Lipinski definition) is 6. The van der Waals surface area contributed by atoms with Crippen LogP contribution in [-0.2, 0) is 19.8 Å². The number of carboxylic acids is 1. The molecular formula is C27H30N2O5S2. The number of nitrogens with zero attached hydrogens (tertiary/aromatic N) is 1. The molecule has 4 aliphatic rings. The summed E-state index contributed by atoms with van der Waals surface area (Å²) in [6.45, 7) is 6.74. The molecule has 9 heteroatoms. The Kier molecular flexibility index (Phi) is 5.54. The Labute approximate surface area is 217 Å². The van der Waals surface area contributed by atoms with Crippen LogP contribution in [0.15, 0.2) is 34.1 Å². The van der Waals surface area contributed by atoms with Gasteiger partial charge in [-0.1, -0.05) is 56.4 Å². The number of hydrogen-bond donors (Lipinski definition) is 2. The van der Waals surface area contributed by atoms with Crippen molar-refractivity contribution in [3.63, 3.8) is 0 Å². The van der Waals surface area contributed by atoms with Crippen LogP contribution in [0.3, 0.4) is 0 Å². The van der Waals surface area contributed by atoms with E-state index in [9.17, 15) is 19.2 Å². The van der Waals surface area contributed by atoms with E-state index in [-0.39, 0.29) is 82.2 Å². The van der Waals surface area contributed by atoms with Crippen molar-refractivity contribution < 1.29 is 19.5 Å². The number of carbonyl (C=O) groups excluding carboxylic acids is 2. The minimum Gasteiger partial charge on any atom is -0.481 e. The summed E-state index contributed by atoms with van der Waals surface area (Å²) in [5.74, 6) is -1.46. The lowest BCUT2D eigenvalue weighted by atomic mass is 9.68. The van der Waals surface area contributed by atoms with Crippen molar-refractivity contribution in [2.24, 2.45) is 29.6 Å². The number of thioether (sulfide) groups is 1. The Morgan fingerprint density at radius 2 is 1.75 bits per heavy atom. The maximum Gasteiger partial charge on any atom is 0.305 e. The first-order valence-electron chi connectivity index (χ1n) is 12.6.